The minimum Gasteiger partial charge on any atom is -0.351 e. The van der Waals surface area contributed by atoms with Crippen molar-refractivity contribution < 1.29 is 4.79 Å². The highest BCUT2D eigenvalue weighted by Crippen LogP contribution is 2.23. The third-order valence-electron chi connectivity index (χ3n) is 3.57. The average molecular weight is 315 g/mol. The first-order valence-electron chi connectivity index (χ1n) is 7.05. The Morgan fingerprint density at radius 2 is 2.14 bits per heavy atom. The Kier molecular flexibility index (Phi) is 3.85. The average Bonchev–Trinajstić information content (AvgIpc) is 2.98. The van der Waals surface area contributed by atoms with Gasteiger partial charge in [-0.1, -0.05) is 12.1 Å². The summed E-state index contributed by atoms with van der Waals surface area (Å²) >= 11 is 1.63. The number of rotatable bonds is 4. The van der Waals surface area contributed by atoms with E-state index in [9.17, 15) is 9.59 Å². The number of hydrogen-bond donors (Lipinski definition) is 2. The smallest absolute Gasteiger partial charge is 0.326 e. The largest absolute Gasteiger partial charge is 0.351 e. The Morgan fingerprint density at radius 3 is 2.91 bits per heavy atom. The monoisotopic (exact) mass is 315 g/mol. The predicted octanol–water partition coefficient (Wildman–Crippen LogP) is 2.38. The molecule has 2 aromatic heterocycles. The van der Waals surface area contributed by atoms with Gasteiger partial charge in [0.1, 0.15) is 0 Å². The standard InChI is InChI=1S/C16H17N3O2S/c1-10-7-12(22-15(10)8-17-11(2)20)9-19-14-6-4-3-5-13(14)18-16(19)21/h3-7H,8-9H2,1-2H3,(H,17,20)(H,18,21). The van der Waals surface area contributed by atoms with Gasteiger partial charge >= 0.3 is 5.69 Å². The van der Waals surface area contributed by atoms with Gasteiger partial charge in [-0.2, -0.15) is 0 Å². The number of carbonyl (C=O) groups excluding carboxylic acids is 1. The van der Waals surface area contributed by atoms with E-state index in [0.717, 1.165) is 26.4 Å². The van der Waals surface area contributed by atoms with Crippen LogP contribution in [0.2, 0.25) is 0 Å². The highest BCUT2D eigenvalue weighted by atomic mass is 32.1. The molecule has 22 heavy (non-hydrogen) atoms. The molecule has 0 fully saturated rings. The van der Waals surface area contributed by atoms with Gasteiger partial charge in [0, 0.05) is 16.7 Å². The molecule has 2 heterocycles. The van der Waals surface area contributed by atoms with Gasteiger partial charge in [0.05, 0.1) is 24.1 Å². The van der Waals surface area contributed by atoms with E-state index >= 15 is 0 Å². The van der Waals surface area contributed by atoms with E-state index in [-0.39, 0.29) is 11.6 Å². The zero-order valence-corrected chi connectivity index (χ0v) is 13.3. The quantitative estimate of drug-likeness (QED) is 0.776. The minimum absolute atomic E-state index is 0.0396. The maximum atomic E-state index is 12.1. The summed E-state index contributed by atoms with van der Waals surface area (Å²) in [4.78, 5) is 28.2. The molecule has 1 amide bonds. The van der Waals surface area contributed by atoms with Gasteiger partial charge < -0.3 is 10.3 Å². The minimum atomic E-state index is -0.101. The molecule has 0 aliphatic heterocycles. The lowest BCUT2D eigenvalue weighted by Gasteiger charge is -2.01. The van der Waals surface area contributed by atoms with E-state index in [1.54, 1.807) is 15.9 Å². The zero-order valence-electron chi connectivity index (χ0n) is 12.5. The number of nitrogens with zero attached hydrogens (tertiary/aromatic N) is 1. The summed E-state index contributed by atoms with van der Waals surface area (Å²) in [5.74, 6) is -0.0396. The molecular weight excluding hydrogens is 298 g/mol. The van der Waals surface area contributed by atoms with Gasteiger partial charge in [0.15, 0.2) is 0 Å². The highest BCUT2D eigenvalue weighted by molar-refractivity contribution is 7.12. The molecule has 0 unspecified atom stereocenters. The van der Waals surface area contributed by atoms with E-state index in [0.29, 0.717) is 13.1 Å². The SMILES string of the molecule is CC(=O)NCc1sc(Cn2c(=O)[nH]c3ccccc32)cc1C. The fourth-order valence-electron chi connectivity index (χ4n) is 2.47. The van der Waals surface area contributed by atoms with Crippen LogP contribution in [0, 0.1) is 6.92 Å². The van der Waals surface area contributed by atoms with Crippen LogP contribution in [0.15, 0.2) is 35.1 Å². The first-order valence-corrected chi connectivity index (χ1v) is 7.86. The van der Waals surface area contributed by atoms with Crippen LogP contribution in [-0.4, -0.2) is 15.5 Å². The molecule has 1 aromatic carbocycles. The van der Waals surface area contributed by atoms with E-state index in [2.05, 4.69) is 16.4 Å². The van der Waals surface area contributed by atoms with E-state index in [1.807, 2.05) is 31.2 Å². The number of aromatic nitrogens is 2. The Morgan fingerprint density at radius 1 is 1.36 bits per heavy atom. The summed E-state index contributed by atoms with van der Waals surface area (Å²) in [5.41, 5.74) is 2.79. The number of benzene rings is 1. The number of para-hydroxylation sites is 2. The van der Waals surface area contributed by atoms with Gasteiger partial charge in [0.2, 0.25) is 5.91 Å². The highest BCUT2D eigenvalue weighted by Gasteiger charge is 2.10. The van der Waals surface area contributed by atoms with Crippen LogP contribution < -0.4 is 11.0 Å². The lowest BCUT2D eigenvalue weighted by molar-refractivity contribution is -0.119. The van der Waals surface area contributed by atoms with Crippen molar-refractivity contribution in [3.8, 4) is 0 Å². The maximum Gasteiger partial charge on any atom is 0.326 e. The number of fused-ring (bicyclic) bond motifs is 1. The molecule has 0 saturated heterocycles. The van der Waals surface area contributed by atoms with Crippen molar-refractivity contribution in [3.05, 3.63) is 56.1 Å². The fourth-order valence-corrected chi connectivity index (χ4v) is 3.58. The molecular formula is C16H17N3O2S. The van der Waals surface area contributed by atoms with Crippen LogP contribution in [0.4, 0.5) is 0 Å². The number of aromatic amines is 1. The van der Waals surface area contributed by atoms with Gasteiger partial charge in [-0.3, -0.25) is 9.36 Å². The molecule has 2 N–H and O–H groups in total. The summed E-state index contributed by atoms with van der Waals surface area (Å²) in [6, 6.07) is 9.74. The summed E-state index contributed by atoms with van der Waals surface area (Å²) in [5, 5.41) is 2.81. The fraction of sp³-hybridized carbons (Fsp3) is 0.250. The van der Waals surface area contributed by atoms with Crippen LogP contribution in [0.1, 0.15) is 22.2 Å². The Labute approximate surface area is 131 Å². The number of amides is 1. The van der Waals surface area contributed by atoms with Crippen LogP contribution in [0.5, 0.6) is 0 Å². The summed E-state index contributed by atoms with van der Waals surface area (Å²) in [6.45, 7) is 4.60. The number of hydrogen-bond acceptors (Lipinski definition) is 3. The first-order chi connectivity index (χ1) is 10.5. The number of thiophene rings is 1. The predicted molar refractivity (Wildman–Crippen MR) is 88.2 cm³/mol. The molecule has 3 rings (SSSR count). The summed E-state index contributed by atoms with van der Waals surface area (Å²) in [6.07, 6.45) is 0. The van der Waals surface area contributed by atoms with Crippen LogP contribution in [-0.2, 0) is 17.9 Å². The molecule has 0 spiro atoms. The number of imidazole rings is 1. The van der Waals surface area contributed by atoms with Crippen molar-refractivity contribution in [2.45, 2.75) is 26.9 Å². The van der Waals surface area contributed by atoms with Crippen molar-refractivity contribution in [2.75, 3.05) is 0 Å². The van der Waals surface area contributed by atoms with E-state index < -0.39 is 0 Å². The van der Waals surface area contributed by atoms with E-state index in [1.165, 1.54) is 6.92 Å². The van der Waals surface area contributed by atoms with Crippen molar-refractivity contribution in [2.24, 2.45) is 0 Å². The maximum absolute atomic E-state index is 12.1. The Hall–Kier alpha value is -2.34. The summed E-state index contributed by atoms with van der Waals surface area (Å²) < 4.78 is 1.74. The number of nitrogens with one attached hydrogen (secondary N) is 2. The molecule has 0 saturated carbocycles. The van der Waals surface area contributed by atoms with Crippen LogP contribution >= 0.6 is 11.3 Å². The van der Waals surface area contributed by atoms with Crippen LogP contribution in [0.3, 0.4) is 0 Å². The van der Waals surface area contributed by atoms with Crippen molar-refractivity contribution >= 4 is 28.3 Å². The van der Waals surface area contributed by atoms with Gasteiger partial charge in [-0.25, -0.2) is 4.79 Å². The Balaban J connectivity index is 1.89. The molecule has 0 atom stereocenters. The Bertz CT molecular complexity index is 888. The van der Waals surface area contributed by atoms with Gasteiger partial charge in [-0.05, 0) is 30.7 Å². The molecule has 6 heteroatoms. The van der Waals surface area contributed by atoms with Crippen molar-refractivity contribution in [3.63, 3.8) is 0 Å². The van der Waals surface area contributed by atoms with Gasteiger partial charge in [-0.15, -0.1) is 11.3 Å². The molecule has 5 nitrogen and oxygen atoms in total. The van der Waals surface area contributed by atoms with Crippen molar-refractivity contribution in [1.29, 1.82) is 0 Å². The molecule has 3 aromatic rings. The number of aryl methyl sites for hydroxylation is 1. The molecule has 0 bridgehead atoms. The molecule has 0 aliphatic carbocycles. The first kappa shape index (κ1) is 14.6. The number of H-pyrrole nitrogens is 1. The summed E-state index contributed by atoms with van der Waals surface area (Å²) in [7, 11) is 0. The third kappa shape index (κ3) is 2.82. The molecule has 0 radical (unpaired) electrons. The van der Waals surface area contributed by atoms with Crippen LogP contribution in [0.25, 0.3) is 11.0 Å². The normalized spacial score (nSPS) is 11.0. The topological polar surface area (TPSA) is 66.9 Å². The number of carbonyl (C=O) groups is 1. The van der Waals surface area contributed by atoms with E-state index in [4.69, 9.17) is 0 Å². The molecule has 0 aliphatic rings. The zero-order chi connectivity index (χ0) is 15.7. The second-order valence-corrected chi connectivity index (χ2v) is 6.48. The van der Waals surface area contributed by atoms with Crippen molar-refractivity contribution in [1.82, 2.24) is 14.9 Å². The second-order valence-electron chi connectivity index (χ2n) is 5.26. The second kappa shape index (κ2) is 5.81. The molecule has 114 valence electrons. The van der Waals surface area contributed by atoms with Gasteiger partial charge in [0.25, 0.3) is 0 Å². The lowest BCUT2D eigenvalue weighted by atomic mass is 10.2. The lowest BCUT2D eigenvalue weighted by Crippen LogP contribution is -2.18. The third-order valence-corrected chi connectivity index (χ3v) is 4.79.